The first-order chi connectivity index (χ1) is 7.09. The number of nitrogens with zero attached hydrogens (tertiary/aromatic N) is 1. The van der Waals surface area contributed by atoms with Gasteiger partial charge in [0.1, 0.15) is 0 Å². The Morgan fingerprint density at radius 1 is 1.53 bits per heavy atom. The number of nitrogens with one attached hydrogen (secondary N) is 1. The van der Waals surface area contributed by atoms with E-state index in [9.17, 15) is 4.79 Å². The van der Waals surface area contributed by atoms with Crippen LogP contribution in [0, 0.1) is 5.92 Å². The average Bonchev–Trinajstić information content (AvgIpc) is 2.17. The van der Waals surface area contributed by atoms with Gasteiger partial charge >= 0.3 is 0 Å². The molecule has 3 nitrogen and oxygen atoms in total. The predicted octanol–water partition coefficient (Wildman–Crippen LogP) is 2.82. The van der Waals surface area contributed by atoms with Crippen molar-refractivity contribution in [2.75, 3.05) is 0 Å². The first kappa shape index (κ1) is 11.9. The van der Waals surface area contributed by atoms with Crippen LogP contribution in [-0.2, 0) is 0 Å². The maximum atomic E-state index is 11.5. The zero-order valence-electron chi connectivity index (χ0n) is 8.70. The first-order valence-electron chi connectivity index (χ1n) is 4.68. The Morgan fingerprint density at radius 3 is 2.87 bits per heavy atom. The van der Waals surface area contributed by atoms with Crippen LogP contribution in [0.5, 0.6) is 0 Å². The van der Waals surface area contributed by atoms with Gasteiger partial charge in [-0.1, -0.05) is 35.8 Å². The molecule has 0 saturated heterocycles. The molecule has 15 heavy (non-hydrogen) atoms. The van der Waals surface area contributed by atoms with E-state index < -0.39 is 0 Å². The van der Waals surface area contributed by atoms with E-state index in [0.717, 1.165) is 4.47 Å². The molecule has 0 heterocycles. The second-order valence-corrected chi connectivity index (χ2v) is 4.39. The second-order valence-electron chi connectivity index (χ2n) is 3.47. The Bertz CT molecular complexity index is 375. The molecule has 0 aliphatic carbocycles. The third-order valence-electron chi connectivity index (χ3n) is 1.63. The predicted molar refractivity (Wildman–Crippen MR) is 64.9 cm³/mol. The van der Waals surface area contributed by atoms with Crippen molar-refractivity contribution < 1.29 is 4.79 Å². The van der Waals surface area contributed by atoms with Crippen LogP contribution in [0.4, 0.5) is 0 Å². The van der Waals surface area contributed by atoms with E-state index in [4.69, 9.17) is 0 Å². The summed E-state index contributed by atoms with van der Waals surface area (Å²) in [5, 5.41) is 3.84. The van der Waals surface area contributed by atoms with Crippen molar-refractivity contribution in [2.24, 2.45) is 11.0 Å². The van der Waals surface area contributed by atoms with Crippen molar-refractivity contribution in [3.63, 3.8) is 0 Å². The van der Waals surface area contributed by atoms with Crippen LogP contribution in [0.25, 0.3) is 0 Å². The van der Waals surface area contributed by atoms with Crippen LogP contribution < -0.4 is 5.43 Å². The van der Waals surface area contributed by atoms with Crippen LogP contribution in [0.1, 0.15) is 24.2 Å². The third kappa shape index (κ3) is 4.25. The van der Waals surface area contributed by atoms with Crippen molar-refractivity contribution in [2.45, 2.75) is 13.8 Å². The van der Waals surface area contributed by atoms with Gasteiger partial charge in [0.15, 0.2) is 0 Å². The smallest absolute Gasteiger partial charge is 0.267 e. The number of hydrazone groups is 1. The quantitative estimate of drug-likeness (QED) is 0.665. The highest BCUT2D eigenvalue weighted by molar-refractivity contribution is 9.10. The van der Waals surface area contributed by atoms with Crippen LogP contribution >= 0.6 is 15.9 Å². The average molecular weight is 269 g/mol. The van der Waals surface area contributed by atoms with Crippen molar-refractivity contribution in [1.82, 2.24) is 5.43 Å². The minimum Gasteiger partial charge on any atom is -0.267 e. The molecule has 0 bridgehead atoms. The van der Waals surface area contributed by atoms with Gasteiger partial charge in [-0.25, -0.2) is 5.43 Å². The Labute approximate surface area is 97.7 Å². The molecule has 0 unspecified atom stereocenters. The molecule has 0 spiro atoms. The standard InChI is InChI=1S/C11H13BrN2O/c1-8(2)7-13-14-11(15)9-4-3-5-10(12)6-9/h3-8H,1-2H3,(H,14,15). The van der Waals surface area contributed by atoms with E-state index in [-0.39, 0.29) is 5.91 Å². The van der Waals surface area contributed by atoms with Gasteiger partial charge in [-0.3, -0.25) is 4.79 Å². The van der Waals surface area contributed by atoms with Crippen LogP contribution in [0.3, 0.4) is 0 Å². The summed E-state index contributed by atoms with van der Waals surface area (Å²) in [5.74, 6) is 0.126. The molecule has 1 aromatic rings. The molecule has 0 atom stereocenters. The zero-order valence-corrected chi connectivity index (χ0v) is 10.3. The second kappa shape index (κ2) is 5.66. The summed E-state index contributed by atoms with van der Waals surface area (Å²) in [4.78, 5) is 11.5. The third-order valence-corrected chi connectivity index (χ3v) is 2.12. The van der Waals surface area contributed by atoms with Gasteiger partial charge < -0.3 is 0 Å². The fourth-order valence-corrected chi connectivity index (χ4v) is 1.34. The molecular weight excluding hydrogens is 256 g/mol. The number of rotatable bonds is 3. The molecule has 4 heteroatoms. The monoisotopic (exact) mass is 268 g/mol. The van der Waals surface area contributed by atoms with Crippen LogP contribution in [0.2, 0.25) is 0 Å². The fraction of sp³-hybridized carbons (Fsp3) is 0.273. The van der Waals surface area contributed by atoms with Gasteiger partial charge in [0, 0.05) is 16.3 Å². The number of carbonyl (C=O) groups excluding carboxylic acids is 1. The lowest BCUT2D eigenvalue weighted by molar-refractivity contribution is 0.0955. The number of hydrogen-bond donors (Lipinski definition) is 1. The molecule has 0 aliphatic rings. The van der Waals surface area contributed by atoms with Crippen molar-refractivity contribution in [3.05, 3.63) is 34.3 Å². The van der Waals surface area contributed by atoms with Gasteiger partial charge in [-0.05, 0) is 24.1 Å². The van der Waals surface area contributed by atoms with E-state index in [1.54, 1.807) is 18.3 Å². The minimum atomic E-state index is -0.201. The van der Waals surface area contributed by atoms with Crippen LogP contribution in [-0.4, -0.2) is 12.1 Å². The number of carbonyl (C=O) groups is 1. The SMILES string of the molecule is CC(C)C=NNC(=O)c1cccc(Br)c1. The first-order valence-corrected chi connectivity index (χ1v) is 5.48. The molecule has 1 rings (SSSR count). The van der Waals surface area contributed by atoms with Gasteiger partial charge in [0.05, 0.1) is 0 Å². The summed E-state index contributed by atoms with van der Waals surface area (Å²) in [6, 6.07) is 7.17. The van der Waals surface area contributed by atoms with Gasteiger partial charge in [-0.2, -0.15) is 5.10 Å². The fourth-order valence-electron chi connectivity index (χ4n) is 0.939. The highest BCUT2D eigenvalue weighted by Crippen LogP contribution is 2.11. The number of amides is 1. The van der Waals surface area contributed by atoms with Crippen LogP contribution in [0.15, 0.2) is 33.8 Å². The number of benzene rings is 1. The van der Waals surface area contributed by atoms with E-state index in [0.29, 0.717) is 11.5 Å². The largest absolute Gasteiger partial charge is 0.271 e. The maximum absolute atomic E-state index is 11.5. The summed E-state index contributed by atoms with van der Waals surface area (Å²) in [6.07, 6.45) is 1.69. The Morgan fingerprint density at radius 2 is 2.27 bits per heavy atom. The topological polar surface area (TPSA) is 41.5 Å². The van der Waals surface area contributed by atoms with E-state index in [2.05, 4.69) is 26.5 Å². The summed E-state index contributed by atoms with van der Waals surface area (Å²) in [7, 11) is 0. The maximum Gasteiger partial charge on any atom is 0.271 e. The zero-order chi connectivity index (χ0) is 11.3. The Kier molecular flexibility index (Phi) is 4.49. The summed E-state index contributed by atoms with van der Waals surface area (Å²) >= 11 is 3.30. The molecule has 0 aliphatic heterocycles. The molecule has 0 fully saturated rings. The van der Waals surface area contributed by atoms with Crippen molar-refractivity contribution in [3.8, 4) is 0 Å². The summed E-state index contributed by atoms with van der Waals surface area (Å²) in [6.45, 7) is 3.99. The molecule has 0 aromatic heterocycles. The number of hydrogen-bond acceptors (Lipinski definition) is 2. The van der Waals surface area contributed by atoms with Crippen molar-refractivity contribution in [1.29, 1.82) is 0 Å². The molecule has 0 radical (unpaired) electrons. The molecule has 80 valence electrons. The summed E-state index contributed by atoms with van der Waals surface area (Å²) in [5.41, 5.74) is 3.06. The van der Waals surface area contributed by atoms with Crippen molar-refractivity contribution >= 4 is 28.1 Å². The highest BCUT2D eigenvalue weighted by atomic mass is 79.9. The lowest BCUT2D eigenvalue weighted by atomic mass is 10.2. The number of halogens is 1. The normalized spacial score (nSPS) is 10.9. The minimum absolute atomic E-state index is 0.201. The van der Waals surface area contributed by atoms with Gasteiger partial charge in [0.25, 0.3) is 5.91 Å². The molecule has 1 aromatic carbocycles. The van der Waals surface area contributed by atoms with E-state index in [1.165, 1.54) is 0 Å². The lowest BCUT2D eigenvalue weighted by Gasteiger charge is -2.00. The van der Waals surface area contributed by atoms with Gasteiger partial charge in [-0.15, -0.1) is 0 Å². The molecule has 1 amide bonds. The summed E-state index contributed by atoms with van der Waals surface area (Å²) < 4.78 is 0.878. The lowest BCUT2D eigenvalue weighted by Crippen LogP contribution is -2.17. The highest BCUT2D eigenvalue weighted by Gasteiger charge is 2.03. The van der Waals surface area contributed by atoms with E-state index >= 15 is 0 Å². The molecule has 1 N–H and O–H groups in total. The Balaban J connectivity index is 2.62. The molecule has 0 saturated carbocycles. The molecular formula is C11H13BrN2O. The van der Waals surface area contributed by atoms with E-state index in [1.807, 2.05) is 26.0 Å². The van der Waals surface area contributed by atoms with Gasteiger partial charge in [0.2, 0.25) is 0 Å². The Hall–Kier alpha value is -1.16.